The van der Waals surface area contributed by atoms with E-state index >= 15 is 0 Å². The van der Waals surface area contributed by atoms with Crippen LogP contribution in [-0.2, 0) is 10.0 Å². The molecule has 0 aliphatic heterocycles. The van der Waals surface area contributed by atoms with Crippen LogP contribution in [0.4, 0.5) is 5.69 Å². The molecule has 0 amide bonds. The van der Waals surface area contributed by atoms with Crippen LogP contribution in [0, 0.1) is 6.92 Å². The first-order valence-electron chi connectivity index (χ1n) is 5.48. The summed E-state index contributed by atoms with van der Waals surface area (Å²) in [6.07, 6.45) is 0. The molecule has 0 atom stereocenters. The molecule has 0 aliphatic carbocycles. The Morgan fingerprint density at radius 2 is 1.76 bits per heavy atom. The van der Waals surface area contributed by atoms with Gasteiger partial charge in [-0.3, -0.25) is 0 Å². The van der Waals surface area contributed by atoms with Crippen LogP contribution in [0.25, 0.3) is 0 Å². The molecule has 1 rings (SSSR count). The second kappa shape index (κ2) is 4.66. The van der Waals surface area contributed by atoms with Gasteiger partial charge in [-0.05, 0) is 45.4 Å². The fraction of sp³-hybridized carbons (Fsp3) is 0.500. The minimum Gasteiger partial charge on any atom is -0.387 e. The zero-order valence-corrected chi connectivity index (χ0v) is 11.8. The number of benzene rings is 1. The lowest BCUT2D eigenvalue weighted by Gasteiger charge is -2.21. The van der Waals surface area contributed by atoms with Crippen LogP contribution in [0.2, 0.25) is 0 Å². The molecule has 1 aromatic carbocycles. The molecule has 0 saturated heterocycles. The minimum atomic E-state index is -3.50. The molecule has 0 fully saturated rings. The number of rotatable bonds is 3. The Bertz CT molecular complexity index is 502. The summed E-state index contributed by atoms with van der Waals surface area (Å²) in [4.78, 5) is 0.287. The summed E-state index contributed by atoms with van der Waals surface area (Å²) in [7, 11) is -1.79. The number of hydrogen-bond acceptors (Lipinski definition) is 3. The quantitative estimate of drug-likeness (QED) is 0.871. The van der Waals surface area contributed by atoms with Gasteiger partial charge in [0.1, 0.15) is 4.90 Å². The normalized spacial score (nSPS) is 12.5. The lowest BCUT2D eigenvalue weighted by atomic mass is 10.1. The van der Waals surface area contributed by atoms with Crippen molar-refractivity contribution in [3.8, 4) is 0 Å². The van der Waals surface area contributed by atoms with E-state index in [-0.39, 0.29) is 4.90 Å². The summed E-state index contributed by atoms with van der Waals surface area (Å²) in [6.45, 7) is 7.33. The van der Waals surface area contributed by atoms with Gasteiger partial charge in [0.05, 0.1) is 5.69 Å². The van der Waals surface area contributed by atoms with Crippen molar-refractivity contribution in [3.05, 3.63) is 23.8 Å². The van der Waals surface area contributed by atoms with Gasteiger partial charge in [-0.15, -0.1) is 0 Å². The van der Waals surface area contributed by atoms with Gasteiger partial charge in [-0.25, -0.2) is 13.1 Å². The van der Waals surface area contributed by atoms with Crippen LogP contribution in [0.3, 0.4) is 0 Å². The van der Waals surface area contributed by atoms with Crippen molar-refractivity contribution in [1.29, 1.82) is 0 Å². The van der Waals surface area contributed by atoms with Crippen molar-refractivity contribution in [2.75, 3.05) is 12.4 Å². The smallest absolute Gasteiger partial charge is 0.243 e. The number of sulfonamides is 1. The zero-order valence-electron chi connectivity index (χ0n) is 11.0. The highest BCUT2D eigenvalue weighted by atomic mass is 32.2. The predicted octanol–water partition coefficient (Wildman–Crippen LogP) is 2.11. The van der Waals surface area contributed by atoms with Gasteiger partial charge in [-0.2, -0.15) is 0 Å². The first kappa shape index (κ1) is 14.0. The van der Waals surface area contributed by atoms with Crippen molar-refractivity contribution in [2.24, 2.45) is 0 Å². The third-order valence-electron chi connectivity index (χ3n) is 2.14. The summed E-state index contributed by atoms with van der Waals surface area (Å²) in [5.41, 5.74) is 1.03. The molecule has 0 bridgehead atoms. The molecule has 0 aromatic heterocycles. The SMILES string of the molecule is CNc1ccc(C)cc1S(=O)(=O)NC(C)(C)C. The molecule has 0 heterocycles. The van der Waals surface area contributed by atoms with Gasteiger partial charge >= 0.3 is 0 Å². The van der Waals surface area contributed by atoms with Gasteiger partial charge in [0, 0.05) is 12.6 Å². The van der Waals surface area contributed by atoms with E-state index in [9.17, 15) is 8.42 Å². The van der Waals surface area contributed by atoms with E-state index in [0.29, 0.717) is 5.69 Å². The molecule has 0 saturated carbocycles. The number of nitrogens with one attached hydrogen (secondary N) is 2. The van der Waals surface area contributed by atoms with E-state index in [4.69, 9.17) is 0 Å². The third-order valence-corrected chi connectivity index (χ3v) is 3.93. The molecule has 0 spiro atoms. The highest BCUT2D eigenvalue weighted by molar-refractivity contribution is 7.89. The Kier molecular flexibility index (Phi) is 3.84. The van der Waals surface area contributed by atoms with Crippen molar-refractivity contribution in [3.63, 3.8) is 0 Å². The van der Waals surface area contributed by atoms with Gasteiger partial charge in [0.15, 0.2) is 0 Å². The topological polar surface area (TPSA) is 58.2 Å². The summed E-state index contributed by atoms with van der Waals surface area (Å²) < 4.78 is 27.1. The molecule has 0 radical (unpaired) electrons. The molecular formula is C12H20N2O2S. The maximum Gasteiger partial charge on any atom is 0.243 e. The van der Waals surface area contributed by atoms with E-state index in [2.05, 4.69) is 10.0 Å². The highest BCUT2D eigenvalue weighted by Crippen LogP contribution is 2.23. The fourth-order valence-electron chi connectivity index (χ4n) is 1.52. The van der Waals surface area contributed by atoms with Crippen molar-refractivity contribution >= 4 is 15.7 Å². The van der Waals surface area contributed by atoms with Crippen molar-refractivity contribution in [1.82, 2.24) is 4.72 Å². The molecule has 17 heavy (non-hydrogen) atoms. The van der Waals surface area contributed by atoms with Crippen molar-refractivity contribution < 1.29 is 8.42 Å². The van der Waals surface area contributed by atoms with Gasteiger partial charge < -0.3 is 5.32 Å². The first-order valence-corrected chi connectivity index (χ1v) is 6.96. The Hall–Kier alpha value is -1.07. The fourth-order valence-corrected chi connectivity index (χ4v) is 3.23. The van der Waals surface area contributed by atoms with Crippen LogP contribution < -0.4 is 10.0 Å². The van der Waals surface area contributed by atoms with E-state index in [1.807, 2.05) is 33.8 Å². The van der Waals surface area contributed by atoms with Crippen LogP contribution in [-0.4, -0.2) is 21.0 Å². The van der Waals surface area contributed by atoms with E-state index in [1.54, 1.807) is 19.2 Å². The van der Waals surface area contributed by atoms with E-state index in [1.165, 1.54) is 0 Å². The van der Waals surface area contributed by atoms with Crippen LogP contribution in [0.5, 0.6) is 0 Å². The minimum absolute atomic E-state index is 0.287. The van der Waals surface area contributed by atoms with Crippen LogP contribution in [0.15, 0.2) is 23.1 Å². The lowest BCUT2D eigenvalue weighted by molar-refractivity contribution is 0.491. The summed E-state index contributed by atoms with van der Waals surface area (Å²) in [5, 5.41) is 2.90. The average molecular weight is 256 g/mol. The molecule has 1 aromatic rings. The van der Waals surface area contributed by atoms with E-state index < -0.39 is 15.6 Å². The second-order valence-corrected chi connectivity index (χ2v) is 6.76. The van der Waals surface area contributed by atoms with E-state index in [0.717, 1.165) is 5.56 Å². The molecule has 5 heteroatoms. The Labute approximate surface area is 103 Å². The number of aryl methyl sites for hydroxylation is 1. The predicted molar refractivity (Wildman–Crippen MR) is 70.8 cm³/mol. The molecule has 0 aliphatic rings. The molecule has 96 valence electrons. The second-order valence-electron chi connectivity index (χ2n) is 5.11. The van der Waals surface area contributed by atoms with Crippen LogP contribution >= 0.6 is 0 Å². The zero-order chi connectivity index (χ0) is 13.3. The van der Waals surface area contributed by atoms with Crippen molar-refractivity contribution in [2.45, 2.75) is 38.1 Å². The average Bonchev–Trinajstić information content (AvgIpc) is 2.14. The summed E-state index contributed by atoms with van der Waals surface area (Å²) in [6, 6.07) is 5.31. The standard InChI is InChI=1S/C12H20N2O2S/c1-9-6-7-10(13-5)11(8-9)17(15,16)14-12(2,3)4/h6-8,13-14H,1-5H3. The summed E-state index contributed by atoms with van der Waals surface area (Å²) in [5.74, 6) is 0. The Balaban J connectivity index is 3.28. The Morgan fingerprint density at radius 1 is 1.18 bits per heavy atom. The third kappa shape index (κ3) is 3.71. The maximum atomic E-state index is 12.2. The van der Waals surface area contributed by atoms with Gasteiger partial charge in [0.2, 0.25) is 10.0 Å². The lowest BCUT2D eigenvalue weighted by Crippen LogP contribution is -2.40. The van der Waals surface area contributed by atoms with Gasteiger partial charge in [0.25, 0.3) is 0 Å². The van der Waals surface area contributed by atoms with Gasteiger partial charge in [-0.1, -0.05) is 6.07 Å². The Morgan fingerprint density at radius 3 is 2.24 bits per heavy atom. The molecule has 0 unspecified atom stereocenters. The molecule has 4 nitrogen and oxygen atoms in total. The first-order chi connectivity index (χ1) is 7.65. The number of hydrogen-bond donors (Lipinski definition) is 2. The van der Waals surface area contributed by atoms with Crippen LogP contribution in [0.1, 0.15) is 26.3 Å². The number of anilines is 1. The largest absolute Gasteiger partial charge is 0.387 e. The maximum absolute atomic E-state index is 12.2. The monoisotopic (exact) mass is 256 g/mol. The molecule has 2 N–H and O–H groups in total. The molecular weight excluding hydrogens is 236 g/mol. The highest BCUT2D eigenvalue weighted by Gasteiger charge is 2.24. The summed E-state index contributed by atoms with van der Waals surface area (Å²) >= 11 is 0.